The molecule has 3 N–H and O–H groups in total. The Morgan fingerprint density at radius 1 is 1.20 bits per heavy atom. The van der Waals surface area contributed by atoms with Crippen molar-refractivity contribution in [2.24, 2.45) is 5.73 Å². The van der Waals surface area contributed by atoms with E-state index in [1.165, 1.54) is 19.2 Å². The number of carbonyl (C=O) groups is 2. The van der Waals surface area contributed by atoms with Gasteiger partial charge in [0.05, 0.1) is 18.2 Å². The van der Waals surface area contributed by atoms with Crippen LogP contribution in [0.5, 0.6) is 11.5 Å². The molecule has 0 aliphatic carbocycles. The molecule has 0 saturated heterocycles. The predicted molar refractivity (Wildman–Crippen MR) is 118 cm³/mol. The third kappa shape index (κ3) is 5.11. The van der Waals surface area contributed by atoms with Crippen LogP contribution in [0.4, 0.5) is 0 Å². The molecule has 0 aliphatic rings. The molecule has 3 rings (SSSR count). The van der Waals surface area contributed by atoms with Crippen molar-refractivity contribution in [3.8, 4) is 11.5 Å². The van der Waals surface area contributed by atoms with E-state index in [9.17, 15) is 9.59 Å². The van der Waals surface area contributed by atoms with Crippen LogP contribution in [0.3, 0.4) is 0 Å². The fourth-order valence-corrected chi connectivity index (χ4v) is 3.95. The first-order valence-corrected chi connectivity index (χ1v) is 10.3. The van der Waals surface area contributed by atoms with Crippen molar-refractivity contribution in [2.75, 3.05) is 13.7 Å². The number of nitrogens with one attached hydrogen (secondary N) is 1. The van der Waals surface area contributed by atoms with Crippen molar-refractivity contribution < 1.29 is 19.1 Å². The Labute approximate surface area is 183 Å². The Bertz CT molecular complexity index is 1040. The van der Waals surface area contributed by atoms with E-state index in [1.807, 2.05) is 48.7 Å². The lowest BCUT2D eigenvalue weighted by molar-refractivity contribution is -0.119. The van der Waals surface area contributed by atoms with Crippen LogP contribution in [-0.2, 0) is 4.79 Å². The molecule has 3 aromatic rings. The monoisotopic (exact) mass is 444 g/mol. The number of thiophene rings is 1. The Hall–Kier alpha value is -3.03. The number of primary amides is 1. The number of nitrogens with two attached hydrogens (primary N) is 1. The third-order valence-electron chi connectivity index (χ3n) is 4.36. The maximum absolute atomic E-state index is 13.1. The van der Waals surface area contributed by atoms with Crippen LogP contribution in [-0.4, -0.2) is 25.5 Å². The van der Waals surface area contributed by atoms with Gasteiger partial charge in [-0.15, -0.1) is 11.3 Å². The molecule has 1 atom stereocenters. The second-order valence-electron chi connectivity index (χ2n) is 6.58. The molecule has 1 heterocycles. The Kier molecular flexibility index (Phi) is 6.97. The first-order valence-electron chi connectivity index (χ1n) is 9.08. The lowest BCUT2D eigenvalue weighted by atomic mass is 10.0. The maximum atomic E-state index is 13.1. The number of benzene rings is 2. The molecule has 30 heavy (non-hydrogen) atoms. The zero-order chi connectivity index (χ0) is 21.7. The SMILES string of the molecule is COc1cc(C(=O)NC(c2ccc(C)cc2)c2cccs2)cc(Cl)c1OCC(N)=O. The molecule has 6 nitrogen and oxygen atoms in total. The average molecular weight is 445 g/mol. The standard InChI is InChI=1S/C22H21ClN2O4S/c1-13-5-7-14(8-6-13)20(18-4-3-9-30-18)25-22(27)15-10-16(23)21(17(11-15)28-2)29-12-19(24)26/h3-11,20H,12H2,1-2H3,(H2,24,26)(H,25,27). The second kappa shape index (κ2) is 9.65. The molecule has 0 fully saturated rings. The number of carbonyl (C=O) groups excluding carboxylic acids is 2. The minimum Gasteiger partial charge on any atom is -0.493 e. The lowest BCUT2D eigenvalue weighted by Gasteiger charge is -2.19. The first kappa shape index (κ1) is 21.7. The zero-order valence-corrected chi connectivity index (χ0v) is 18.0. The molecule has 8 heteroatoms. The van der Waals surface area contributed by atoms with Gasteiger partial charge in [-0.3, -0.25) is 9.59 Å². The Morgan fingerprint density at radius 2 is 1.93 bits per heavy atom. The van der Waals surface area contributed by atoms with Gasteiger partial charge in [-0.25, -0.2) is 0 Å². The number of hydrogen-bond acceptors (Lipinski definition) is 5. The number of aryl methyl sites for hydroxylation is 1. The van der Waals surface area contributed by atoms with E-state index in [2.05, 4.69) is 5.32 Å². The minimum absolute atomic E-state index is 0.142. The van der Waals surface area contributed by atoms with E-state index >= 15 is 0 Å². The Morgan fingerprint density at radius 3 is 2.53 bits per heavy atom. The number of hydrogen-bond donors (Lipinski definition) is 2. The second-order valence-corrected chi connectivity index (χ2v) is 7.96. The van der Waals surface area contributed by atoms with Gasteiger partial charge in [-0.2, -0.15) is 0 Å². The largest absolute Gasteiger partial charge is 0.493 e. The summed E-state index contributed by atoms with van der Waals surface area (Å²) in [4.78, 5) is 25.1. The molecule has 0 spiro atoms. The van der Waals surface area contributed by atoms with Crippen molar-refractivity contribution in [3.63, 3.8) is 0 Å². The summed E-state index contributed by atoms with van der Waals surface area (Å²) < 4.78 is 10.6. The summed E-state index contributed by atoms with van der Waals surface area (Å²) in [6.45, 7) is 1.66. The van der Waals surface area contributed by atoms with Gasteiger partial charge >= 0.3 is 0 Å². The summed E-state index contributed by atoms with van der Waals surface area (Å²) in [6, 6.07) is 14.6. The van der Waals surface area contributed by atoms with Crippen molar-refractivity contribution in [2.45, 2.75) is 13.0 Å². The summed E-state index contributed by atoms with van der Waals surface area (Å²) in [5.41, 5.74) is 7.52. The van der Waals surface area contributed by atoms with Gasteiger partial charge in [0.25, 0.3) is 11.8 Å². The minimum atomic E-state index is -0.646. The van der Waals surface area contributed by atoms with Gasteiger partial charge in [0.15, 0.2) is 18.1 Å². The van der Waals surface area contributed by atoms with Crippen molar-refractivity contribution in [1.82, 2.24) is 5.32 Å². The average Bonchev–Trinajstić information content (AvgIpc) is 3.25. The molecule has 0 saturated carbocycles. The highest BCUT2D eigenvalue weighted by atomic mass is 35.5. The van der Waals surface area contributed by atoms with Crippen molar-refractivity contribution in [3.05, 3.63) is 80.5 Å². The summed E-state index contributed by atoms with van der Waals surface area (Å²) >= 11 is 7.84. The van der Waals surface area contributed by atoms with E-state index in [1.54, 1.807) is 11.3 Å². The fourth-order valence-electron chi connectivity index (χ4n) is 2.88. The van der Waals surface area contributed by atoms with Crippen molar-refractivity contribution in [1.29, 1.82) is 0 Å². The van der Waals surface area contributed by atoms with Crippen LogP contribution in [0.25, 0.3) is 0 Å². The van der Waals surface area contributed by atoms with E-state index in [0.717, 1.165) is 16.0 Å². The van der Waals surface area contributed by atoms with Crippen LogP contribution >= 0.6 is 22.9 Å². The van der Waals surface area contributed by atoms with Crippen molar-refractivity contribution >= 4 is 34.8 Å². The van der Waals surface area contributed by atoms with E-state index < -0.39 is 5.91 Å². The molecule has 2 amide bonds. The van der Waals surface area contributed by atoms with Crippen LogP contribution in [0.1, 0.15) is 32.4 Å². The van der Waals surface area contributed by atoms with E-state index in [0.29, 0.717) is 5.56 Å². The molecule has 0 aliphatic heterocycles. The summed E-state index contributed by atoms with van der Waals surface area (Å²) in [5, 5.41) is 5.17. The molecule has 1 aromatic heterocycles. The summed E-state index contributed by atoms with van der Waals surface area (Å²) in [7, 11) is 1.42. The number of methoxy groups -OCH3 is 1. The molecule has 2 aromatic carbocycles. The maximum Gasteiger partial charge on any atom is 0.255 e. The quantitative estimate of drug-likeness (QED) is 0.547. The fraction of sp³-hybridized carbons (Fsp3) is 0.182. The Balaban J connectivity index is 1.89. The lowest BCUT2D eigenvalue weighted by Crippen LogP contribution is -2.29. The highest BCUT2D eigenvalue weighted by Crippen LogP contribution is 2.37. The molecular weight excluding hydrogens is 424 g/mol. The van der Waals surface area contributed by atoms with Crippen LogP contribution in [0.15, 0.2) is 53.9 Å². The molecule has 156 valence electrons. The van der Waals surface area contributed by atoms with Crippen LogP contribution < -0.4 is 20.5 Å². The van der Waals surface area contributed by atoms with Gasteiger partial charge in [-0.1, -0.05) is 47.5 Å². The number of ether oxygens (including phenoxy) is 2. The summed E-state index contributed by atoms with van der Waals surface area (Å²) in [5.74, 6) is -0.581. The van der Waals surface area contributed by atoms with Gasteiger partial charge in [0, 0.05) is 10.4 Å². The molecule has 1 unspecified atom stereocenters. The number of halogens is 1. The van der Waals surface area contributed by atoms with E-state index in [-0.39, 0.29) is 35.1 Å². The topological polar surface area (TPSA) is 90.7 Å². The number of amides is 2. The van der Waals surface area contributed by atoms with Gasteiger partial charge < -0.3 is 20.5 Å². The zero-order valence-electron chi connectivity index (χ0n) is 16.5. The first-order chi connectivity index (χ1) is 14.4. The smallest absolute Gasteiger partial charge is 0.255 e. The summed E-state index contributed by atoms with van der Waals surface area (Å²) in [6.07, 6.45) is 0. The van der Waals surface area contributed by atoms with Crippen LogP contribution in [0, 0.1) is 6.92 Å². The van der Waals surface area contributed by atoms with Gasteiger partial charge in [0.1, 0.15) is 0 Å². The molecule has 0 bridgehead atoms. The third-order valence-corrected chi connectivity index (χ3v) is 5.58. The highest BCUT2D eigenvalue weighted by Gasteiger charge is 2.21. The number of rotatable bonds is 8. The molecule has 0 radical (unpaired) electrons. The van der Waals surface area contributed by atoms with Gasteiger partial charge in [-0.05, 0) is 36.1 Å². The van der Waals surface area contributed by atoms with Gasteiger partial charge in [0.2, 0.25) is 0 Å². The predicted octanol–water partition coefficient (Wildman–Crippen LogP) is 4.10. The highest BCUT2D eigenvalue weighted by molar-refractivity contribution is 7.10. The van der Waals surface area contributed by atoms with Crippen LogP contribution in [0.2, 0.25) is 5.02 Å². The molecular formula is C22H21ClN2O4S. The van der Waals surface area contributed by atoms with E-state index in [4.69, 9.17) is 26.8 Å². The normalized spacial score (nSPS) is 11.6.